The van der Waals surface area contributed by atoms with Crippen LogP contribution < -0.4 is 10.4 Å². The minimum absolute atomic E-state index is 0.120. The summed E-state index contributed by atoms with van der Waals surface area (Å²) in [5, 5.41) is 2.82. The van der Waals surface area contributed by atoms with Gasteiger partial charge >= 0.3 is 0 Å². The topological polar surface area (TPSA) is 12.5 Å². The maximum atomic E-state index is 6.74. The number of nitrogens with zero attached hydrogens (tertiary/aromatic N) is 1. The van der Waals surface area contributed by atoms with Crippen LogP contribution in [0.4, 0.5) is 0 Å². The molecule has 53 heavy (non-hydrogen) atoms. The van der Waals surface area contributed by atoms with E-state index in [0.717, 1.165) is 38.5 Å². The van der Waals surface area contributed by atoms with Crippen LogP contribution in [0.1, 0.15) is 56.4 Å². The summed E-state index contributed by atoms with van der Waals surface area (Å²) >= 11 is 1.97. The molecule has 2 aliphatic heterocycles. The van der Waals surface area contributed by atoms with Gasteiger partial charge in [0.2, 0.25) is 0 Å². The van der Waals surface area contributed by atoms with Gasteiger partial charge in [-0.1, -0.05) is 139 Å². The first-order valence-electron chi connectivity index (χ1n) is 19.9. The van der Waals surface area contributed by atoms with Crippen LogP contribution >= 0.6 is 11.8 Å². The molecular formula is C50H45NOS. The van der Waals surface area contributed by atoms with Gasteiger partial charge in [0.1, 0.15) is 11.9 Å². The Bertz CT molecular complexity index is 2380. The van der Waals surface area contributed by atoms with Crippen molar-refractivity contribution in [1.29, 1.82) is 0 Å². The van der Waals surface area contributed by atoms with Gasteiger partial charge in [0, 0.05) is 45.2 Å². The Morgan fingerprint density at radius 2 is 1.70 bits per heavy atom. The molecule has 2 nitrogen and oxygen atoms in total. The number of hydrogen-bond donors (Lipinski definition) is 0. The van der Waals surface area contributed by atoms with Crippen molar-refractivity contribution in [2.75, 3.05) is 0 Å². The van der Waals surface area contributed by atoms with Crippen molar-refractivity contribution in [3.63, 3.8) is 0 Å². The Balaban J connectivity index is 0.955. The molecule has 9 aliphatic rings. The molecular weight excluding hydrogens is 663 g/mol. The van der Waals surface area contributed by atoms with Gasteiger partial charge < -0.3 is 9.64 Å². The van der Waals surface area contributed by atoms with Crippen LogP contribution in [0.5, 0.6) is 0 Å². The van der Waals surface area contributed by atoms with Gasteiger partial charge in [-0.15, -0.1) is 0 Å². The van der Waals surface area contributed by atoms with Crippen LogP contribution in [0.25, 0.3) is 11.3 Å². The van der Waals surface area contributed by atoms with Crippen LogP contribution in [0.15, 0.2) is 184 Å². The average molecular weight is 708 g/mol. The second-order valence-electron chi connectivity index (χ2n) is 15.9. The van der Waals surface area contributed by atoms with Crippen LogP contribution in [-0.2, 0) is 4.74 Å². The lowest BCUT2D eigenvalue weighted by atomic mass is 9.78. The normalized spacial score (nSPS) is 31.4. The third-order valence-electron chi connectivity index (χ3n) is 13.1. The largest absolute Gasteiger partial charge is 0.485 e. The molecule has 2 aromatic rings. The van der Waals surface area contributed by atoms with Crippen molar-refractivity contribution in [3.8, 4) is 0 Å². The zero-order valence-electron chi connectivity index (χ0n) is 30.1. The van der Waals surface area contributed by atoms with Crippen molar-refractivity contribution >= 4 is 23.0 Å². The van der Waals surface area contributed by atoms with E-state index in [1.54, 1.807) is 0 Å². The van der Waals surface area contributed by atoms with E-state index < -0.39 is 0 Å². The highest BCUT2D eigenvalue weighted by molar-refractivity contribution is 8.03. The molecule has 0 saturated carbocycles. The maximum Gasteiger partial charge on any atom is 0.127 e. The average Bonchev–Trinajstić information content (AvgIpc) is 3.80. The van der Waals surface area contributed by atoms with Crippen LogP contribution in [0, 0.1) is 23.7 Å². The summed E-state index contributed by atoms with van der Waals surface area (Å²) in [5.74, 6) is 3.20. The van der Waals surface area contributed by atoms with E-state index >= 15 is 0 Å². The lowest BCUT2D eigenvalue weighted by molar-refractivity contribution is 0.167. The Hall–Kier alpha value is -4.73. The highest BCUT2D eigenvalue weighted by atomic mass is 32.2. The standard InChI is InChI=1S/C50H45NOS/c1-2-12-33(13-3-1)38-19-10-20-41-43-30-34(26-29-46(43)52-50(38)41)32-24-27-36(28-25-32)51(44-21-11-23-48-49(44)42-18-8-9-22-47(42)53-48)45-31-35-14-4-5-15-37(35)39-16-6-7-17-40(39)45/h1-3,5-9,11-12,15-19,21-24,26-30,32-33,35,43-44,46,49H,4,10,13-14,20,25,31H2. The number of fused-ring (bicyclic) bond motifs is 7. The summed E-state index contributed by atoms with van der Waals surface area (Å²) in [4.78, 5) is 5.64. The molecule has 2 aromatic carbocycles. The van der Waals surface area contributed by atoms with Gasteiger partial charge in [0.15, 0.2) is 0 Å². The Morgan fingerprint density at radius 1 is 0.774 bits per heavy atom. The fraction of sp³-hybridized carbons (Fsp3) is 0.280. The van der Waals surface area contributed by atoms with Crippen LogP contribution in [0.2, 0.25) is 0 Å². The summed E-state index contributed by atoms with van der Waals surface area (Å²) < 4.78 is 6.74. The molecule has 262 valence electrons. The minimum Gasteiger partial charge on any atom is -0.485 e. The van der Waals surface area contributed by atoms with Crippen LogP contribution in [0.3, 0.4) is 0 Å². The monoisotopic (exact) mass is 707 g/mol. The predicted octanol–water partition coefficient (Wildman–Crippen LogP) is 10.4. The lowest BCUT2D eigenvalue weighted by Crippen LogP contribution is -2.45. The molecule has 3 heteroatoms. The number of allylic oxidation sites excluding steroid dienone is 15. The first-order valence-corrected chi connectivity index (χ1v) is 20.8. The summed E-state index contributed by atoms with van der Waals surface area (Å²) in [7, 11) is 0. The zero-order valence-corrected chi connectivity index (χ0v) is 30.9. The first kappa shape index (κ1) is 31.8. The fourth-order valence-corrected chi connectivity index (χ4v) is 11.8. The van der Waals surface area contributed by atoms with Crippen molar-refractivity contribution in [2.45, 2.75) is 67.9 Å². The molecule has 0 saturated heterocycles. The van der Waals surface area contributed by atoms with E-state index in [1.807, 2.05) is 11.8 Å². The summed E-state index contributed by atoms with van der Waals surface area (Å²) in [6.07, 6.45) is 46.1. The molecule has 2 heterocycles. The van der Waals surface area contributed by atoms with Gasteiger partial charge in [-0.3, -0.25) is 0 Å². The molecule has 7 unspecified atom stereocenters. The highest BCUT2D eigenvalue weighted by Gasteiger charge is 2.42. The number of ether oxygens (including phenoxy) is 1. The fourth-order valence-electron chi connectivity index (χ4n) is 10.5. The molecule has 0 radical (unpaired) electrons. The van der Waals surface area contributed by atoms with E-state index in [2.05, 4.69) is 151 Å². The Morgan fingerprint density at radius 3 is 2.60 bits per heavy atom. The zero-order chi connectivity index (χ0) is 34.9. The van der Waals surface area contributed by atoms with E-state index in [0.29, 0.717) is 29.6 Å². The summed E-state index contributed by atoms with van der Waals surface area (Å²) in [6, 6.07) is 18.5. The quantitative estimate of drug-likeness (QED) is 0.307. The van der Waals surface area contributed by atoms with Crippen molar-refractivity contribution in [3.05, 3.63) is 195 Å². The second kappa shape index (κ2) is 13.0. The first-order chi connectivity index (χ1) is 26.3. The third kappa shape index (κ3) is 5.29. The van der Waals surface area contributed by atoms with Crippen molar-refractivity contribution in [1.82, 2.24) is 4.90 Å². The maximum absolute atomic E-state index is 6.74. The number of rotatable bonds is 5. The second-order valence-corrected chi connectivity index (χ2v) is 17.0. The molecule has 0 bridgehead atoms. The smallest absolute Gasteiger partial charge is 0.127 e. The number of thioether (sulfide) groups is 1. The number of benzene rings is 2. The van der Waals surface area contributed by atoms with E-state index in [4.69, 9.17) is 4.74 Å². The third-order valence-corrected chi connectivity index (χ3v) is 14.3. The Labute approximate surface area is 317 Å². The van der Waals surface area contributed by atoms with E-state index in [9.17, 15) is 0 Å². The highest BCUT2D eigenvalue weighted by Crippen LogP contribution is 2.54. The van der Waals surface area contributed by atoms with Gasteiger partial charge in [-0.2, -0.15) is 0 Å². The Kier molecular flexibility index (Phi) is 7.78. The molecule has 0 N–H and O–H groups in total. The van der Waals surface area contributed by atoms with Crippen molar-refractivity contribution in [2.24, 2.45) is 23.7 Å². The molecule has 0 amide bonds. The van der Waals surface area contributed by atoms with Gasteiger partial charge in [-0.05, 0) is 107 Å². The van der Waals surface area contributed by atoms with Crippen molar-refractivity contribution < 1.29 is 4.74 Å². The number of hydrogen-bond acceptors (Lipinski definition) is 3. The molecule has 0 fully saturated rings. The predicted molar refractivity (Wildman–Crippen MR) is 219 cm³/mol. The summed E-state index contributed by atoms with van der Waals surface area (Å²) in [6.45, 7) is 0. The van der Waals surface area contributed by atoms with E-state index in [-0.39, 0.29) is 12.1 Å². The molecule has 11 rings (SSSR count). The minimum atomic E-state index is 0.120. The molecule has 7 atom stereocenters. The van der Waals surface area contributed by atoms with E-state index in [1.165, 1.54) is 71.7 Å². The molecule has 7 aliphatic carbocycles. The summed E-state index contributed by atoms with van der Waals surface area (Å²) in [5.41, 5.74) is 10.2. The van der Waals surface area contributed by atoms with Gasteiger partial charge in [0.25, 0.3) is 0 Å². The SMILES string of the molecule is C1=CCC(C2=CCCC3=C2OC2C=CC(C4C=CC(N(C5=c6ccccc6=C6C=CCCC6C5)C5C=CC=C6Sc7ccccc7C65)=CC4)=CC32)C=C1. The molecule has 0 aromatic heterocycles. The van der Waals surface area contributed by atoms with Gasteiger partial charge in [0.05, 0.1) is 6.04 Å². The van der Waals surface area contributed by atoms with Crippen LogP contribution in [-0.4, -0.2) is 17.0 Å². The lowest BCUT2D eigenvalue weighted by Gasteiger charge is -2.43. The molecule has 0 spiro atoms. The van der Waals surface area contributed by atoms with Gasteiger partial charge in [-0.25, -0.2) is 0 Å².